The van der Waals surface area contributed by atoms with Crippen LogP contribution in [-0.4, -0.2) is 6.61 Å². The fourth-order valence-electron chi connectivity index (χ4n) is 0.873. The standard InChI is InChI=1S/C10H10Br2O/c11-10(12)6-7-13-8-9-4-2-1-3-5-9/h1-6H,7-8H2. The van der Waals surface area contributed by atoms with Crippen LogP contribution < -0.4 is 0 Å². The zero-order valence-corrected chi connectivity index (χ0v) is 10.2. The molecule has 13 heavy (non-hydrogen) atoms. The predicted octanol–water partition coefficient (Wildman–Crippen LogP) is 3.83. The van der Waals surface area contributed by atoms with E-state index in [2.05, 4.69) is 31.9 Å². The molecule has 0 unspecified atom stereocenters. The highest BCUT2D eigenvalue weighted by molar-refractivity contribution is 9.28. The van der Waals surface area contributed by atoms with Gasteiger partial charge in [0.15, 0.2) is 0 Å². The van der Waals surface area contributed by atoms with Gasteiger partial charge in [-0.2, -0.15) is 0 Å². The Kier molecular flexibility index (Phi) is 5.35. The summed E-state index contributed by atoms with van der Waals surface area (Å²) in [7, 11) is 0. The van der Waals surface area contributed by atoms with E-state index >= 15 is 0 Å². The van der Waals surface area contributed by atoms with Crippen LogP contribution in [0.2, 0.25) is 0 Å². The summed E-state index contributed by atoms with van der Waals surface area (Å²) in [5.41, 5.74) is 1.20. The van der Waals surface area contributed by atoms with Crippen LogP contribution >= 0.6 is 31.9 Å². The third-order valence-corrected chi connectivity index (χ3v) is 2.11. The van der Waals surface area contributed by atoms with Gasteiger partial charge in [-0.15, -0.1) is 0 Å². The maximum atomic E-state index is 5.39. The van der Waals surface area contributed by atoms with Crippen LogP contribution in [0, 0.1) is 0 Å². The van der Waals surface area contributed by atoms with Gasteiger partial charge in [0.05, 0.1) is 16.6 Å². The van der Waals surface area contributed by atoms with E-state index in [0.29, 0.717) is 13.2 Å². The predicted molar refractivity (Wildman–Crippen MR) is 62.0 cm³/mol. The summed E-state index contributed by atoms with van der Waals surface area (Å²) in [5.74, 6) is 0. The number of halogens is 2. The summed E-state index contributed by atoms with van der Waals surface area (Å²) >= 11 is 6.52. The van der Waals surface area contributed by atoms with Crippen LogP contribution in [0.1, 0.15) is 5.56 Å². The molecule has 0 spiro atoms. The van der Waals surface area contributed by atoms with Crippen LogP contribution in [0.15, 0.2) is 39.8 Å². The highest BCUT2D eigenvalue weighted by Crippen LogP contribution is 2.12. The molecule has 1 nitrogen and oxygen atoms in total. The van der Waals surface area contributed by atoms with E-state index in [0.717, 1.165) is 3.39 Å². The number of ether oxygens (including phenoxy) is 1. The maximum Gasteiger partial charge on any atom is 0.0721 e. The van der Waals surface area contributed by atoms with Crippen LogP contribution in [0.5, 0.6) is 0 Å². The van der Waals surface area contributed by atoms with Crippen LogP contribution in [0.25, 0.3) is 0 Å². The van der Waals surface area contributed by atoms with Gasteiger partial charge in [0.2, 0.25) is 0 Å². The molecule has 0 N–H and O–H groups in total. The number of hydrogen-bond acceptors (Lipinski definition) is 1. The second kappa shape index (κ2) is 6.35. The van der Waals surface area contributed by atoms with E-state index in [9.17, 15) is 0 Å². The van der Waals surface area contributed by atoms with Crippen molar-refractivity contribution in [2.45, 2.75) is 6.61 Å². The Morgan fingerprint density at radius 1 is 1.23 bits per heavy atom. The largest absolute Gasteiger partial charge is 0.373 e. The van der Waals surface area contributed by atoms with Gasteiger partial charge in [-0.05, 0) is 43.5 Å². The molecular weight excluding hydrogens is 296 g/mol. The lowest BCUT2D eigenvalue weighted by Gasteiger charge is -2.00. The molecule has 3 heteroatoms. The first-order valence-electron chi connectivity index (χ1n) is 3.92. The second-order valence-corrected chi connectivity index (χ2v) is 5.27. The SMILES string of the molecule is BrC(Br)=CCOCc1ccccc1. The van der Waals surface area contributed by atoms with Crippen molar-refractivity contribution in [3.05, 3.63) is 45.4 Å². The first kappa shape index (κ1) is 11.0. The second-order valence-electron chi connectivity index (χ2n) is 2.49. The molecule has 0 atom stereocenters. The van der Waals surface area contributed by atoms with E-state index in [1.54, 1.807) is 0 Å². The Balaban J connectivity index is 2.25. The zero-order chi connectivity index (χ0) is 9.52. The lowest BCUT2D eigenvalue weighted by atomic mass is 10.2. The molecule has 0 heterocycles. The Morgan fingerprint density at radius 2 is 1.92 bits per heavy atom. The van der Waals surface area contributed by atoms with Crippen LogP contribution in [-0.2, 0) is 11.3 Å². The molecule has 0 radical (unpaired) electrons. The first-order valence-corrected chi connectivity index (χ1v) is 5.50. The highest BCUT2D eigenvalue weighted by atomic mass is 79.9. The van der Waals surface area contributed by atoms with Crippen LogP contribution in [0.3, 0.4) is 0 Å². The minimum atomic E-state index is 0.612. The van der Waals surface area contributed by atoms with Gasteiger partial charge in [-0.3, -0.25) is 0 Å². The molecule has 0 saturated carbocycles. The fraction of sp³-hybridized carbons (Fsp3) is 0.200. The van der Waals surface area contributed by atoms with E-state index in [4.69, 9.17) is 4.74 Å². The van der Waals surface area contributed by atoms with Gasteiger partial charge in [0.1, 0.15) is 0 Å². The van der Waals surface area contributed by atoms with Crippen molar-refractivity contribution in [1.29, 1.82) is 0 Å². The number of hydrogen-bond donors (Lipinski definition) is 0. The van der Waals surface area contributed by atoms with Crippen molar-refractivity contribution < 1.29 is 4.74 Å². The Bertz CT molecular complexity index is 266. The molecule has 1 aromatic rings. The molecule has 0 bridgehead atoms. The van der Waals surface area contributed by atoms with Crippen molar-refractivity contribution in [2.75, 3.05) is 6.61 Å². The summed E-state index contributed by atoms with van der Waals surface area (Å²) in [4.78, 5) is 0. The third kappa shape index (κ3) is 5.24. The zero-order valence-electron chi connectivity index (χ0n) is 7.04. The molecule has 1 rings (SSSR count). The van der Waals surface area contributed by atoms with E-state index in [-0.39, 0.29) is 0 Å². The molecule has 0 fully saturated rings. The van der Waals surface area contributed by atoms with Gasteiger partial charge in [0, 0.05) is 0 Å². The molecule has 0 aliphatic carbocycles. The summed E-state index contributed by atoms with van der Waals surface area (Å²) in [6.07, 6.45) is 1.92. The van der Waals surface area contributed by atoms with Crippen molar-refractivity contribution in [3.8, 4) is 0 Å². The van der Waals surface area contributed by atoms with Gasteiger partial charge >= 0.3 is 0 Å². The van der Waals surface area contributed by atoms with Crippen molar-refractivity contribution in [3.63, 3.8) is 0 Å². The average Bonchev–Trinajstić information content (AvgIpc) is 2.14. The van der Waals surface area contributed by atoms with Crippen LogP contribution in [0.4, 0.5) is 0 Å². The molecular formula is C10H10Br2O. The van der Waals surface area contributed by atoms with Crippen molar-refractivity contribution >= 4 is 31.9 Å². The van der Waals surface area contributed by atoms with Gasteiger partial charge < -0.3 is 4.74 Å². The summed E-state index contributed by atoms with van der Waals surface area (Å²) in [6, 6.07) is 10.1. The maximum absolute atomic E-state index is 5.39. The summed E-state index contributed by atoms with van der Waals surface area (Å²) in [6.45, 7) is 1.27. The van der Waals surface area contributed by atoms with E-state index in [1.165, 1.54) is 5.56 Å². The fourth-order valence-corrected chi connectivity index (χ4v) is 1.14. The normalized spacial score (nSPS) is 9.69. The van der Waals surface area contributed by atoms with Crippen molar-refractivity contribution in [2.24, 2.45) is 0 Å². The van der Waals surface area contributed by atoms with E-state index < -0.39 is 0 Å². The first-order chi connectivity index (χ1) is 6.29. The minimum Gasteiger partial charge on any atom is -0.373 e. The lowest BCUT2D eigenvalue weighted by molar-refractivity contribution is 0.149. The molecule has 70 valence electrons. The Morgan fingerprint density at radius 3 is 2.54 bits per heavy atom. The molecule has 0 aliphatic rings. The van der Waals surface area contributed by atoms with Gasteiger partial charge in [0.25, 0.3) is 0 Å². The van der Waals surface area contributed by atoms with Gasteiger partial charge in [-0.1, -0.05) is 30.3 Å². The third-order valence-electron chi connectivity index (χ3n) is 1.47. The smallest absolute Gasteiger partial charge is 0.0721 e. The Labute approximate surface area is 95.1 Å². The molecule has 1 aromatic carbocycles. The number of benzene rings is 1. The average molecular weight is 306 g/mol. The van der Waals surface area contributed by atoms with E-state index in [1.807, 2.05) is 36.4 Å². The minimum absolute atomic E-state index is 0.612. The topological polar surface area (TPSA) is 9.23 Å². The molecule has 0 aromatic heterocycles. The monoisotopic (exact) mass is 304 g/mol. The molecule has 0 saturated heterocycles. The van der Waals surface area contributed by atoms with Gasteiger partial charge in [-0.25, -0.2) is 0 Å². The summed E-state index contributed by atoms with van der Waals surface area (Å²) < 4.78 is 6.32. The molecule has 0 amide bonds. The highest BCUT2D eigenvalue weighted by Gasteiger charge is 1.89. The quantitative estimate of drug-likeness (QED) is 0.768. The lowest BCUT2D eigenvalue weighted by Crippen LogP contribution is -1.91. The van der Waals surface area contributed by atoms with Crippen molar-refractivity contribution in [1.82, 2.24) is 0 Å². The Hall–Kier alpha value is -0.120. The summed E-state index contributed by atoms with van der Waals surface area (Å²) in [5, 5.41) is 0. The molecule has 0 aliphatic heterocycles. The number of rotatable bonds is 4.